The molecule has 0 unspecified atom stereocenters. The van der Waals surface area contributed by atoms with Gasteiger partial charge in [-0.2, -0.15) is 0 Å². The number of nitrogens with zero attached hydrogens (tertiary/aromatic N) is 4. The first-order valence-electron chi connectivity index (χ1n) is 7.79. The summed E-state index contributed by atoms with van der Waals surface area (Å²) in [7, 11) is 0. The van der Waals surface area contributed by atoms with E-state index in [9.17, 15) is 0 Å². The Morgan fingerprint density at radius 1 is 0.885 bits per heavy atom. The van der Waals surface area contributed by atoms with Crippen LogP contribution >= 0.6 is 27.7 Å². The Morgan fingerprint density at radius 3 is 2.46 bits per heavy atom. The van der Waals surface area contributed by atoms with Crippen LogP contribution in [0.3, 0.4) is 0 Å². The van der Waals surface area contributed by atoms with Gasteiger partial charge in [0.2, 0.25) is 17.7 Å². The van der Waals surface area contributed by atoms with E-state index in [-0.39, 0.29) is 0 Å². The lowest BCUT2D eigenvalue weighted by molar-refractivity contribution is 0.464. The van der Waals surface area contributed by atoms with Crippen LogP contribution in [-0.2, 0) is 5.75 Å². The van der Waals surface area contributed by atoms with Gasteiger partial charge in [-0.25, -0.2) is 0 Å². The van der Waals surface area contributed by atoms with Crippen molar-refractivity contribution in [2.45, 2.75) is 17.9 Å². The summed E-state index contributed by atoms with van der Waals surface area (Å²) in [6.45, 7) is 2.02. The highest BCUT2D eigenvalue weighted by Gasteiger charge is 2.13. The van der Waals surface area contributed by atoms with Crippen LogP contribution in [0, 0.1) is 6.92 Å². The molecule has 0 aliphatic heterocycles. The maximum Gasteiger partial charge on any atom is 0.277 e. The smallest absolute Gasteiger partial charge is 0.277 e. The summed E-state index contributed by atoms with van der Waals surface area (Å²) in [6.07, 6.45) is 0. The molecular formula is C18H13BrN4O2S. The average molecular weight is 429 g/mol. The average Bonchev–Trinajstić information content (AvgIpc) is 3.30. The first-order valence-corrected chi connectivity index (χ1v) is 9.57. The number of aromatic nitrogens is 4. The fourth-order valence-electron chi connectivity index (χ4n) is 2.31. The largest absolute Gasteiger partial charge is 0.420 e. The number of hydrogen-bond donors (Lipinski definition) is 0. The number of rotatable bonds is 5. The van der Waals surface area contributed by atoms with Crippen LogP contribution in [0.1, 0.15) is 11.5 Å². The first kappa shape index (κ1) is 17.0. The zero-order chi connectivity index (χ0) is 17.9. The van der Waals surface area contributed by atoms with Crippen molar-refractivity contribution in [1.82, 2.24) is 20.4 Å². The van der Waals surface area contributed by atoms with Crippen molar-refractivity contribution in [2.24, 2.45) is 0 Å². The van der Waals surface area contributed by atoms with Crippen LogP contribution in [0.4, 0.5) is 0 Å². The molecule has 0 aliphatic rings. The zero-order valence-electron chi connectivity index (χ0n) is 13.7. The minimum atomic E-state index is 0.457. The Hall–Kier alpha value is -2.45. The standard InChI is InChI=1S/C18H13BrN4O2S/c1-11-3-2-4-13(9-11)17-21-20-15(24-17)10-26-18-23-22-16(25-18)12-5-7-14(19)8-6-12/h2-9H,10H2,1H3. The Balaban J connectivity index is 1.43. The molecule has 0 aliphatic carbocycles. The Morgan fingerprint density at radius 2 is 1.65 bits per heavy atom. The SMILES string of the molecule is Cc1cccc(-c2nnc(CSc3nnc(-c4ccc(Br)cc4)o3)o2)c1. The molecule has 0 N–H and O–H groups in total. The molecule has 2 aromatic heterocycles. The van der Waals surface area contributed by atoms with Crippen molar-refractivity contribution >= 4 is 27.7 Å². The number of hydrogen-bond acceptors (Lipinski definition) is 7. The molecule has 0 saturated carbocycles. The highest BCUT2D eigenvalue weighted by atomic mass is 79.9. The van der Waals surface area contributed by atoms with Crippen molar-refractivity contribution in [3.05, 3.63) is 64.5 Å². The fraction of sp³-hybridized carbons (Fsp3) is 0.111. The Kier molecular flexibility index (Phi) is 4.85. The maximum atomic E-state index is 5.71. The second-order valence-corrected chi connectivity index (χ2v) is 7.38. The van der Waals surface area contributed by atoms with Crippen molar-refractivity contribution in [3.8, 4) is 22.9 Å². The van der Waals surface area contributed by atoms with Gasteiger partial charge in [0.1, 0.15) is 0 Å². The van der Waals surface area contributed by atoms with Gasteiger partial charge in [0.15, 0.2) is 0 Å². The molecule has 0 bridgehead atoms. The van der Waals surface area contributed by atoms with Crippen molar-refractivity contribution < 1.29 is 8.83 Å². The molecule has 0 amide bonds. The molecule has 130 valence electrons. The van der Waals surface area contributed by atoms with Crippen LogP contribution in [0.5, 0.6) is 0 Å². The van der Waals surface area contributed by atoms with E-state index in [4.69, 9.17) is 8.83 Å². The van der Waals surface area contributed by atoms with Gasteiger partial charge in [-0.1, -0.05) is 45.4 Å². The summed E-state index contributed by atoms with van der Waals surface area (Å²) < 4.78 is 12.4. The highest BCUT2D eigenvalue weighted by molar-refractivity contribution is 9.10. The zero-order valence-corrected chi connectivity index (χ0v) is 16.1. The predicted molar refractivity (Wildman–Crippen MR) is 101 cm³/mol. The maximum absolute atomic E-state index is 5.71. The third-order valence-electron chi connectivity index (χ3n) is 3.55. The van der Waals surface area contributed by atoms with E-state index in [0.29, 0.717) is 28.6 Å². The molecule has 4 rings (SSSR count). The summed E-state index contributed by atoms with van der Waals surface area (Å²) in [5.41, 5.74) is 2.92. The molecule has 2 aromatic carbocycles. The van der Waals surface area contributed by atoms with E-state index in [1.54, 1.807) is 0 Å². The minimum absolute atomic E-state index is 0.457. The van der Waals surface area contributed by atoms with E-state index in [1.807, 2.05) is 55.5 Å². The van der Waals surface area contributed by atoms with Crippen LogP contribution in [0.2, 0.25) is 0 Å². The molecule has 0 saturated heterocycles. The van der Waals surface area contributed by atoms with Crippen molar-refractivity contribution in [3.63, 3.8) is 0 Å². The number of aryl methyl sites for hydroxylation is 1. The third-order valence-corrected chi connectivity index (χ3v) is 4.88. The second-order valence-electron chi connectivity index (χ2n) is 5.54. The van der Waals surface area contributed by atoms with Gasteiger partial charge in [0.25, 0.3) is 5.22 Å². The highest BCUT2D eigenvalue weighted by Crippen LogP contribution is 2.27. The summed E-state index contributed by atoms with van der Waals surface area (Å²) in [5, 5.41) is 16.8. The molecule has 2 heterocycles. The lowest BCUT2D eigenvalue weighted by atomic mass is 10.1. The van der Waals surface area contributed by atoms with Crippen LogP contribution in [0.15, 0.2) is 67.1 Å². The van der Waals surface area contributed by atoms with E-state index in [2.05, 4.69) is 36.3 Å². The summed E-state index contributed by atoms with van der Waals surface area (Å²) in [5.74, 6) is 1.95. The molecule has 6 nitrogen and oxygen atoms in total. The van der Waals surface area contributed by atoms with Gasteiger partial charge in [0.05, 0.1) is 5.75 Å². The summed E-state index contributed by atoms with van der Waals surface area (Å²) in [6, 6.07) is 15.6. The lowest BCUT2D eigenvalue weighted by Crippen LogP contribution is -1.80. The molecule has 0 radical (unpaired) electrons. The normalized spacial score (nSPS) is 11.0. The predicted octanol–water partition coefficient (Wildman–Crippen LogP) is 5.15. The first-order chi connectivity index (χ1) is 12.7. The van der Waals surface area contributed by atoms with Crippen LogP contribution < -0.4 is 0 Å². The molecule has 4 aromatic rings. The van der Waals surface area contributed by atoms with E-state index in [1.165, 1.54) is 11.8 Å². The third kappa shape index (κ3) is 3.86. The topological polar surface area (TPSA) is 77.8 Å². The van der Waals surface area contributed by atoms with Crippen LogP contribution in [-0.4, -0.2) is 20.4 Å². The molecule has 0 fully saturated rings. The van der Waals surface area contributed by atoms with E-state index in [0.717, 1.165) is 21.2 Å². The molecular weight excluding hydrogens is 416 g/mol. The van der Waals surface area contributed by atoms with Gasteiger partial charge in [-0.15, -0.1) is 20.4 Å². The van der Waals surface area contributed by atoms with E-state index >= 15 is 0 Å². The fourth-order valence-corrected chi connectivity index (χ4v) is 3.17. The van der Waals surface area contributed by atoms with Crippen molar-refractivity contribution in [1.29, 1.82) is 0 Å². The molecule has 0 spiro atoms. The van der Waals surface area contributed by atoms with Crippen LogP contribution in [0.25, 0.3) is 22.9 Å². The molecule has 8 heteroatoms. The Bertz CT molecular complexity index is 1030. The Labute approximate surface area is 162 Å². The molecule has 0 atom stereocenters. The van der Waals surface area contributed by atoms with Crippen molar-refractivity contribution in [2.75, 3.05) is 0 Å². The number of thioether (sulfide) groups is 1. The minimum Gasteiger partial charge on any atom is -0.420 e. The van der Waals surface area contributed by atoms with Gasteiger partial charge in [0, 0.05) is 15.6 Å². The lowest BCUT2D eigenvalue weighted by Gasteiger charge is -1.96. The van der Waals surface area contributed by atoms with Gasteiger partial charge in [-0.3, -0.25) is 0 Å². The number of halogens is 1. The van der Waals surface area contributed by atoms with Gasteiger partial charge < -0.3 is 8.83 Å². The number of benzene rings is 2. The monoisotopic (exact) mass is 428 g/mol. The van der Waals surface area contributed by atoms with Gasteiger partial charge in [-0.05, 0) is 43.3 Å². The summed E-state index contributed by atoms with van der Waals surface area (Å²) >= 11 is 4.76. The summed E-state index contributed by atoms with van der Waals surface area (Å²) in [4.78, 5) is 0. The quantitative estimate of drug-likeness (QED) is 0.406. The van der Waals surface area contributed by atoms with Gasteiger partial charge >= 0.3 is 0 Å². The second kappa shape index (κ2) is 7.43. The molecule has 26 heavy (non-hydrogen) atoms. The van der Waals surface area contributed by atoms with E-state index < -0.39 is 0 Å².